The van der Waals surface area contributed by atoms with Crippen LogP contribution >= 0.6 is 0 Å². The van der Waals surface area contributed by atoms with E-state index in [0.717, 1.165) is 5.92 Å². The highest BCUT2D eigenvalue weighted by Crippen LogP contribution is 2.31. The Hall–Kier alpha value is -1.80. The third kappa shape index (κ3) is 5.72. The molecule has 0 heterocycles. The highest BCUT2D eigenvalue weighted by atomic mass is 19.1. The van der Waals surface area contributed by atoms with Gasteiger partial charge in [0.25, 0.3) is 0 Å². The molecule has 0 aliphatic heterocycles. The van der Waals surface area contributed by atoms with Crippen LogP contribution in [-0.4, -0.2) is 0 Å². The molecule has 1 aromatic carbocycles. The molecular formula is C21H26FN. The highest BCUT2D eigenvalue weighted by molar-refractivity contribution is 5.41. The normalized spacial score (nSPS) is 20.4. The molecule has 1 saturated carbocycles. The standard InChI is InChI=1S/C21H26FN/c1-2-3-4-5-6-17-7-9-18(10-8-17)11-12-19-13-14-20(16-23)21(22)15-19/h13-15,17-18H,2-10H2,1H3. The lowest BCUT2D eigenvalue weighted by atomic mass is 9.80. The van der Waals surface area contributed by atoms with E-state index >= 15 is 0 Å². The summed E-state index contributed by atoms with van der Waals surface area (Å²) in [7, 11) is 0. The summed E-state index contributed by atoms with van der Waals surface area (Å²) in [6, 6.07) is 6.44. The van der Waals surface area contributed by atoms with Crippen LogP contribution in [0.15, 0.2) is 18.2 Å². The molecule has 0 saturated heterocycles. The lowest BCUT2D eigenvalue weighted by molar-refractivity contribution is 0.294. The Morgan fingerprint density at radius 1 is 1.13 bits per heavy atom. The van der Waals surface area contributed by atoms with Gasteiger partial charge in [0.1, 0.15) is 11.9 Å². The third-order valence-electron chi connectivity index (χ3n) is 4.82. The SMILES string of the molecule is CCCCCCC1CCC(C#Cc2ccc(C#N)c(F)c2)CC1. The number of rotatable bonds is 5. The van der Waals surface area contributed by atoms with Crippen LogP contribution in [0.5, 0.6) is 0 Å². The molecule has 0 bridgehead atoms. The van der Waals surface area contributed by atoms with Gasteiger partial charge in [0.15, 0.2) is 0 Å². The molecule has 0 spiro atoms. The number of benzene rings is 1. The Labute approximate surface area is 139 Å². The van der Waals surface area contributed by atoms with Crippen LogP contribution in [0.4, 0.5) is 4.39 Å². The fourth-order valence-corrected chi connectivity index (χ4v) is 3.32. The average molecular weight is 311 g/mol. The van der Waals surface area contributed by atoms with E-state index in [1.807, 2.05) is 6.07 Å². The average Bonchev–Trinajstić information content (AvgIpc) is 2.58. The number of unbranched alkanes of at least 4 members (excludes halogenated alkanes) is 3. The van der Waals surface area contributed by atoms with Gasteiger partial charge in [-0.15, -0.1) is 0 Å². The molecule has 0 aromatic heterocycles. The lowest BCUT2D eigenvalue weighted by Gasteiger charge is -2.25. The highest BCUT2D eigenvalue weighted by Gasteiger charge is 2.19. The van der Waals surface area contributed by atoms with Gasteiger partial charge < -0.3 is 0 Å². The van der Waals surface area contributed by atoms with Crippen molar-refractivity contribution in [2.75, 3.05) is 0 Å². The smallest absolute Gasteiger partial charge is 0.142 e. The summed E-state index contributed by atoms with van der Waals surface area (Å²) in [6.07, 6.45) is 11.7. The summed E-state index contributed by atoms with van der Waals surface area (Å²) in [4.78, 5) is 0. The van der Waals surface area contributed by atoms with E-state index in [4.69, 9.17) is 5.26 Å². The summed E-state index contributed by atoms with van der Waals surface area (Å²) in [5, 5.41) is 8.73. The second kappa shape index (κ2) is 9.36. The van der Waals surface area contributed by atoms with E-state index in [0.29, 0.717) is 11.5 Å². The van der Waals surface area contributed by atoms with Crippen LogP contribution in [0.1, 0.15) is 75.8 Å². The molecule has 1 aromatic rings. The lowest BCUT2D eigenvalue weighted by Crippen LogP contribution is -2.13. The molecule has 0 amide bonds. The van der Waals surface area contributed by atoms with E-state index < -0.39 is 5.82 Å². The molecule has 0 unspecified atom stereocenters. The van der Waals surface area contributed by atoms with Crippen molar-refractivity contribution in [3.63, 3.8) is 0 Å². The number of nitrogens with zero attached hydrogens (tertiary/aromatic N) is 1. The van der Waals surface area contributed by atoms with Gasteiger partial charge in [0, 0.05) is 11.5 Å². The Morgan fingerprint density at radius 2 is 1.91 bits per heavy atom. The van der Waals surface area contributed by atoms with Gasteiger partial charge in [0.05, 0.1) is 5.56 Å². The maximum absolute atomic E-state index is 13.6. The van der Waals surface area contributed by atoms with Crippen molar-refractivity contribution in [1.82, 2.24) is 0 Å². The fourth-order valence-electron chi connectivity index (χ4n) is 3.32. The molecule has 1 nitrogen and oxygen atoms in total. The van der Waals surface area contributed by atoms with Crippen LogP contribution < -0.4 is 0 Å². The predicted molar refractivity (Wildman–Crippen MR) is 92.2 cm³/mol. The van der Waals surface area contributed by atoms with Crippen molar-refractivity contribution in [2.24, 2.45) is 11.8 Å². The summed E-state index contributed by atoms with van der Waals surface area (Å²) in [5.74, 6) is 7.24. The van der Waals surface area contributed by atoms with Crippen molar-refractivity contribution < 1.29 is 4.39 Å². The van der Waals surface area contributed by atoms with E-state index in [-0.39, 0.29) is 5.56 Å². The van der Waals surface area contributed by atoms with Crippen molar-refractivity contribution in [3.8, 4) is 17.9 Å². The molecule has 2 rings (SSSR count). The number of hydrogen-bond donors (Lipinski definition) is 0. The molecule has 0 N–H and O–H groups in total. The Balaban J connectivity index is 1.79. The summed E-state index contributed by atoms with van der Waals surface area (Å²) in [6.45, 7) is 2.25. The maximum atomic E-state index is 13.6. The zero-order valence-corrected chi connectivity index (χ0v) is 14.1. The summed E-state index contributed by atoms with van der Waals surface area (Å²) in [5.41, 5.74) is 0.752. The maximum Gasteiger partial charge on any atom is 0.142 e. The van der Waals surface area contributed by atoms with Crippen LogP contribution in [0.2, 0.25) is 0 Å². The summed E-state index contributed by atoms with van der Waals surface area (Å²) >= 11 is 0. The number of halogens is 1. The zero-order valence-electron chi connectivity index (χ0n) is 14.1. The van der Waals surface area contributed by atoms with E-state index in [1.54, 1.807) is 6.07 Å². The van der Waals surface area contributed by atoms with Gasteiger partial charge in [-0.3, -0.25) is 0 Å². The van der Waals surface area contributed by atoms with Crippen molar-refractivity contribution in [2.45, 2.75) is 64.7 Å². The van der Waals surface area contributed by atoms with Crippen molar-refractivity contribution >= 4 is 0 Å². The van der Waals surface area contributed by atoms with Gasteiger partial charge in [-0.1, -0.05) is 50.9 Å². The first kappa shape index (κ1) is 17.6. The van der Waals surface area contributed by atoms with Crippen LogP contribution in [0.25, 0.3) is 0 Å². The van der Waals surface area contributed by atoms with Crippen LogP contribution in [-0.2, 0) is 0 Å². The minimum absolute atomic E-state index is 0.0825. The van der Waals surface area contributed by atoms with Crippen LogP contribution in [0.3, 0.4) is 0 Å². The quantitative estimate of drug-likeness (QED) is 0.496. The molecular weight excluding hydrogens is 285 g/mol. The van der Waals surface area contributed by atoms with Gasteiger partial charge in [-0.25, -0.2) is 4.39 Å². The zero-order chi connectivity index (χ0) is 16.5. The topological polar surface area (TPSA) is 23.8 Å². The minimum atomic E-state index is -0.477. The molecule has 122 valence electrons. The van der Waals surface area contributed by atoms with Gasteiger partial charge in [-0.05, 0) is 49.8 Å². The molecule has 23 heavy (non-hydrogen) atoms. The third-order valence-corrected chi connectivity index (χ3v) is 4.82. The van der Waals surface area contributed by atoms with Crippen LogP contribution in [0, 0.1) is 40.8 Å². The van der Waals surface area contributed by atoms with Gasteiger partial charge >= 0.3 is 0 Å². The van der Waals surface area contributed by atoms with Gasteiger partial charge in [-0.2, -0.15) is 5.26 Å². The second-order valence-corrected chi connectivity index (χ2v) is 6.64. The Kier molecular flexibility index (Phi) is 7.15. The molecule has 1 fully saturated rings. The largest absolute Gasteiger partial charge is 0.206 e. The predicted octanol–water partition coefficient (Wildman–Crippen LogP) is 5.83. The molecule has 0 radical (unpaired) electrons. The van der Waals surface area contributed by atoms with E-state index in [9.17, 15) is 4.39 Å². The Bertz CT molecular complexity index is 594. The summed E-state index contributed by atoms with van der Waals surface area (Å²) < 4.78 is 13.6. The molecule has 2 heteroatoms. The van der Waals surface area contributed by atoms with E-state index in [2.05, 4.69) is 18.8 Å². The molecule has 1 aliphatic carbocycles. The monoisotopic (exact) mass is 311 g/mol. The van der Waals surface area contributed by atoms with Crippen molar-refractivity contribution in [1.29, 1.82) is 5.26 Å². The first-order chi connectivity index (χ1) is 11.2. The number of nitriles is 1. The molecule has 0 atom stereocenters. The Morgan fingerprint density at radius 3 is 2.57 bits per heavy atom. The molecule has 1 aliphatic rings. The fraction of sp³-hybridized carbons (Fsp3) is 0.571. The van der Waals surface area contributed by atoms with E-state index in [1.165, 1.54) is 69.9 Å². The van der Waals surface area contributed by atoms with Crippen molar-refractivity contribution in [3.05, 3.63) is 35.1 Å². The number of hydrogen-bond acceptors (Lipinski definition) is 1. The first-order valence-corrected chi connectivity index (χ1v) is 8.94. The second-order valence-electron chi connectivity index (χ2n) is 6.64. The first-order valence-electron chi connectivity index (χ1n) is 8.94. The van der Waals surface area contributed by atoms with Gasteiger partial charge in [0.2, 0.25) is 0 Å². The minimum Gasteiger partial charge on any atom is -0.206 e.